The third-order valence-electron chi connectivity index (χ3n) is 6.80. The SMILES string of the molecule is Cc1nn(C)cc1CN1CCC(N2CCC[C@H](C(=O)N3CCCC3)C2)CC1. The fraction of sp³-hybridized carbons (Fsp3) is 0.810. The van der Waals surface area contributed by atoms with E-state index in [9.17, 15) is 4.79 Å². The molecular formula is C21H35N5O. The van der Waals surface area contributed by atoms with E-state index in [1.165, 1.54) is 44.2 Å². The number of amides is 1. The van der Waals surface area contributed by atoms with Crippen LogP contribution in [0.4, 0.5) is 0 Å². The number of rotatable bonds is 4. The number of hydrogen-bond donors (Lipinski definition) is 0. The average Bonchev–Trinajstić information content (AvgIpc) is 3.32. The normalized spacial score (nSPS) is 26.0. The van der Waals surface area contributed by atoms with E-state index >= 15 is 0 Å². The van der Waals surface area contributed by atoms with Crippen molar-refractivity contribution in [2.75, 3.05) is 39.3 Å². The van der Waals surface area contributed by atoms with Crippen LogP contribution in [-0.4, -0.2) is 75.7 Å². The fourth-order valence-electron chi connectivity index (χ4n) is 5.22. The summed E-state index contributed by atoms with van der Waals surface area (Å²) in [5.74, 6) is 0.676. The lowest BCUT2D eigenvalue weighted by Crippen LogP contribution is -2.51. The smallest absolute Gasteiger partial charge is 0.226 e. The summed E-state index contributed by atoms with van der Waals surface area (Å²) in [6.07, 6.45) is 9.26. The van der Waals surface area contributed by atoms with E-state index in [0.29, 0.717) is 11.9 Å². The third kappa shape index (κ3) is 4.37. The molecule has 1 aromatic heterocycles. The topological polar surface area (TPSA) is 44.6 Å². The number of likely N-dealkylation sites (tertiary alicyclic amines) is 3. The van der Waals surface area contributed by atoms with E-state index in [1.807, 2.05) is 11.7 Å². The molecule has 3 aliphatic heterocycles. The van der Waals surface area contributed by atoms with Gasteiger partial charge in [0.05, 0.1) is 11.6 Å². The predicted molar refractivity (Wildman–Crippen MR) is 106 cm³/mol. The molecule has 3 saturated heterocycles. The number of carbonyl (C=O) groups excluding carboxylic acids is 1. The van der Waals surface area contributed by atoms with Crippen LogP contribution in [0.1, 0.15) is 49.8 Å². The Morgan fingerprint density at radius 3 is 2.48 bits per heavy atom. The molecular weight excluding hydrogens is 338 g/mol. The summed E-state index contributed by atoms with van der Waals surface area (Å²) in [7, 11) is 2.00. The van der Waals surface area contributed by atoms with E-state index < -0.39 is 0 Å². The van der Waals surface area contributed by atoms with Gasteiger partial charge in [-0.1, -0.05) is 0 Å². The van der Waals surface area contributed by atoms with Crippen molar-refractivity contribution in [2.24, 2.45) is 13.0 Å². The Labute approximate surface area is 163 Å². The molecule has 0 unspecified atom stereocenters. The van der Waals surface area contributed by atoms with E-state index in [0.717, 1.165) is 51.4 Å². The standard InChI is InChI=1S/C21H35N5O/c1-17-19(14-23(2)22-17)15-24-12-7-20(8-13-24)26-11-5-6-18(16-26)21(27)25-9-3-4-10-25/h14,18,20H,3-13,15-16H2,1-2H3/t18-/m0/s1. The summed E-state index contributed by atoms with van der Waals surface area (Å²) in [5, 5.41) is 4.47. The Kier molecular flexibility index (Phi) is 5.83. The second-order valence-electron chi connectivity index (χ2n) is 8.79. The van der Waals surface area contributed by atoms with Gasteiger partial charge in [0.25, 0.3) is 0 Å². The zero-order valence-electron chi connectivity index (χ0n) is 17.1. The van der Waals surface area contributed by atoms with E-state index in [1.54, 1.807) is 0 Å². The molecule has 4 rings (SSSR count). The lowest BCUT2D eigenvalue weighted by Gasteiger charge is -2.42. The highest BCUT2D eigenvalue weighted by molar-refractivity contribution is 5.79. The number of aromatic nitrogens is 2. The van der Waals surface area contributed by atoms with E-state index in [2.05, 4.69) is 32.9 Å². The summed E-state index contributed by atoms with van der Waals surface area (Å²) in [6, 6.07) is 0.658. The quantitative estimate of drug-likeness (QED) is 0.810. The predicted octanol–water partition coefficient (Wildman–Crippen LogP) is 2.03. The van der Waals surface area contributed by atoms with Gasteiger partial charge in [-0.2, -0.15) is 5.10 Å². The minimum Gasteiger partial charge on any atom is -0.342 e. The number of carbonyl (C=O) groups is 1. The molecule has 0 saturated carbocycles. The lowest BCUT2D eigenvalue weighted by atomic mass is 9.93. The highest BCUT2D eigenvalue weighted by Crippen LogP contribution is 2.26. The molecule has 0 spiro atoms. The molecule has 3 aliphatic rings. The second-order valence-corrected chi connectivity index (χ2v) is 8.79. The van der Waals surface area contributed by atoms with Gasteiger partial charge in [0.15, 0.2) is 0 Å². The maximum atomic E-state index is 12.8. The van der Waals surface area contributed by atoms with Gasteiger partial charge in [-0.25, -0.2) is 0 Å². The third-order valence-corrected chi connectivity index (χ3v) is 6.80. The maximum absolute atomic E-state index is 12.8. The van der Waals surface area contributed by atoms with Gasteiger partial charge in [0.1, 0.15) is 0 Å². The first-order chi connectivity index (χ1) is 13.1. The zero-order valence-corrected chi connectivity index (χ0v) is 17.1. The van der Waals surface area contributed by atoms with Crippen molar-refractivity contribution in [1.29, 1.82) is 0 Å². The molecule has 150 valence electrons. The van der Waals surface area contributed by atoms with Gasteiger partial charge in [0, 0.05) is 51.0 Å². The highest BCUT2D eigenvalue weighted by atomic mass is 16.2. The van der Waals surface area contributed by atoms with Crippen molar-refractivity contribution in [3.63, 3.8) is 0 Å². The Balaban J connectivity index is 1.27. The summed E-state index contributed by atoms with van der Waals surface area (Å²) in [4.78, 5) is 20.1. The van der Waals surface area contributed by atoms with Crippen LogP contribution in [0.5, 0.6) is 0 Å². The van der Waals surface area contributed by atoms with Gasteiger partial charge in [-0.3, -0.25) is 19.3 Å². The van der Waals surface area contributed by atoms with Crippen molar-refractivity contribution in [2.45, 2.75) is 58.0 Å². The number of hydrogen-bond acceptors (Lipinski definition) is 4. The monoisotopic (exact) mass is 373 g/mol. The van der Waals surface area contributed by atoms with Crippen LogP contribution >= 0.6 is 0 Å². The molecule has 0 aliphatic carbocycles. The van der Waals surface area contributed by atoms with E-state index in [4.69, 9.17) is 0 Å². The van der Waals surface area contributed by atoms with Crippen LogP contribution < -0.4 is 0 Å². The minimum absolute atomic E-state index is 0.243. The van der Waals surface area contributed by atoms with Crippen molar-refractivity contribution >= 4 is 5.91 Å². The Morgan fingerprint density at radius 2 is 1.81 bits per heavy atom. The first-order valence-electron chi connectivity index (χ1n) is 10.8. The first-order valence-corrected chi connectivity index (χ1v) is 10.8. The molecule has 1 aromatic rings. The summed E-state index contributed by atoms with van der Waals surface area (Å²) in [6.45, 7) is 9.57. The Morgan fingerprint density at radius 1 is 1.07 bits per heavy atom. The molecule has 0 N–H and O–H groups in total. The Bertz CT molecular complexity index is 643. The van der Waals surface area contributed by atoms with E-state index in [-0.39, 0.29) is 5.92 Å². The molecule has 4 heterocycles. The van der Waals surface area contributed by atoms with Crippen LogP contribution in [0.25, 0.3) is 0 Å². The fourth-order valence-corrected chi connectivity index (χ4v) is 5.22. The molecule has 6 heteroatoms. The minimum atomic E-state index is 0.243. The maximum Gasteiger partial charge on any atom is 0.226 e. The summed E-state index contributed by atoms with van der Waals surface area (Å²) in [5.41, 5.74) is 2.50. The van der Waals surface area contributed by atoms with Gasteiger partial charge in [0.2, 0.25) is 5.91 Å². The highest BCUT2D eigenvalue weighted by Gasteiger charge is 2.34. The van der Waals surface area contributed by atoms with Crippen LogP contribution in [-0.2, 0) is 18.4 Å². The average molecular weight is 374 g/mol. The van der Waals surface area contributed by atoms with Gasteiger partial charge < -0.3 is 4.90 Å². The summed E-state index contributed by atoms with van der Waals surface area (Å²) < 4.78 is 1.92. The van der Waals surface area contributed by atoms with Crippen molar-refractivity contribution in [1.82, 2.24) is 24.5 Å². The second kappa shape index (κ2) is 8.31. The molecule has 1 amide bonds. The van der Waals surface area contributed by atoms with Crippen molar-refractivity contribution in [3.05, 3.63) is 17.5 Å². The number of piperidine rings is 2. The van der Waals surface area contributed by atoms with Gasteiger partial charge in [-0.05, 0) is 65.1 Å². The van der Waals surface area contributed by atoms with Crippen molar-refractivity contribution < 1.29 is 4.79 Å². The molecule has 3 fully saturated rings. The van der Waals surface area contributed by atoms with Crippen LogP contribution in [0.15, 0.2) is 6.20 Å². The lowest BCUT2D eigenvalue weighted by molar-refractivity contribution is -0.136. The molecule has 27 heavy (non-hydrogen) atoms. The summed E-state index contributed by atoms with van der Waals surface area (Å²) >= 11 is 0. The molecule has 0 radical (unpaired) electrons. The Hall–Kier alpha value is -1.40. The van der Waals surface area contributed by atoms with Gasteiger partial charge in [-0.15, -0.1) is 0 Å². The molecule has 0 bridgehead atoms. The first kappa shape index (κ1) is 18.9. The number of nitrogens with zero attached hydrogens (tertiary/aromatic N) is 5. The van der Waals surface area contributed by atoms with Gasteiger partial charge >= 0.3 is 0 Å². The van der Waals surface area contributed by atoms with Crippen LogP contribution in [0.3, 0.4) is 0 Å². The molecule has 6 nitrogen and oxygen atoms in total. The van der Waals surface area contributed by atoms with Crippen LogP contribution in [0.2, 0.25) is 0 Å². The molecule has 1 atom stereocenters. The number of aryl methyl sites for hydroxylation is 2. The van der Waals surface area contributed by atoms with Crippen molar-refractivity contribution in [3.8, 4) is 0 Å². The molecule has 0 aromatic carbocycles. The largest absolute Gasteiger partial charge is 0.342 e. The van der Waals surface area contributed by atoms with Crippen LogP contribution in [0, 0.1) is 12.8 Å². The zero-order chi connectivity index (χ0) is 18.8.